The van der Waals surface area contributed by atoms with Crippen molar-refractivity contribution in [2.45, 2.75) is 18.5 Å². The maximum Gasteiger partial charge on any atom is 0.244 e. The highest BCUT2D eigenvalue weighted by molar-refractivity contribution is 5.99. The van der Waals surface area contributed by atoms with E-state index in [4.69, 9.17) is 0 Å². The number of benzene rings is 2. The molecule has 1 saturated heterocycles. The van der Waals surface area contributed by atoms with E-state index >= 15 is 0 Å². The van der Waals surface area contributed by atoms with Crippen LogP contribution in [0.3, 0.4) is 0 Å². The van der Waals surface area contributed by atoms with Crippen molar-refractivity contribution >= 4 is 11.6 Å². The molecule has 24 heavy (non-hydrogen) atoms. The van der Waals surface area contributed by atoms with Crippen LogP contribution in [0.25, 0.3) is 0 Å². The van der Waals surface area contributed by atoms with Crippen LogP contribution in [-0.2, 0) is 4.79 Å². The molecular weight excluding hydrogens is 314 g/mol. The predicted octanol–water partition coefficient (Wildman–Crippen LogP) is 2.39. The maximum absolute atomic E-state index is 13.9. The van der Waals surface area contributed by atoms with Gasteiger partial charge in [-0.25, -0.2) is 8.78 Å². The molecule has 0 spiro atoms. The van der Waals surface area contributed by atoms with Crippen LogP contribution < -0.4 is 10.2 Å². The van der Waals surface area contributed by atoms with E-state index in [1.54, 1.807) is 0 Å². The number of aliphatic hydroxyl groups excluding tert-OH is 1. The Bertz CT molecular complexity index is 704. The summed E-state index contributed by atoms with van der Waals surface area (Å²) in [6.45, 7) is 0.0448. The third-order valence-electron chi connectivity index (χ3n) is 4.20. The molecule has 2 aromatic rings. The first-order valence-corrected chi connectivity index (χ1v) is 7.79. The highest BCUT2D eigenvalue weighted by atomic mass is 19.1. The Labute approximate surface area is 138 Å². The Balaban J connectivity index is 1.77. The van der Waals surface area contributed by atoms with E-state index in [0.717, 1.165) is 22.6 Å². The lowest BCUT2D eigenvalue weighted by Gasteiger charge is -2.22. The molecule has 0 radical (unpaired) electrons. The van der Waals surface area contributed by atoms with Crippen LogP contribution in [0.15, 0.2) is 48.5 Å². The van der Waals surface area contributed by atoms with Crippen molar-refractivity contribution < 1.29 is 18.7 Å². The number of halogens is 2. The van der Waals surface area contributed by atoms with Crippen LogP contribution in [0.1, 0.15) is 18.0 Å². The van der Waals surface area contributed by atoms with Gasteiger partial charge in [0.1, 0.15) is 17.3 Å². The summed E-state index contributed by atoms with van der Waals surface area (Å²) in [6, 6.07) is 11.8. The fourth-order valence-corrected chi connectivity index (χ4v) is 2.99. The predicted molar refractivity (Wildman–Crippen MR) is 86.5 cm³/mol. The van der Waals surface area contributed by atoms with Gasteiger partial charge in [-0.15, -0.1) is 0 Å². The van der Waals surface area contributed by atoms with Crippen LogP contribution >= 0.6 is 0 Å². The van der Waals surface area contributed by atoms with E-state index in [9.17, 15) is 18.7 Å². The number of carbonyl (C=O) groups is 1. The Hall–Kier alpha value is -2.31. The number of hydrogen-bond donors (Lipinski definition) is 2. The Morgan fingerprint density at radius 1 is 1.12 bits per heavy atom. The minimum absolute atomic E-state index is 0.179. The molecule has 126 valence electrons. The van der Waals surface area contributed by atoms with Gasteiger partial charge in [0.05, 0.1) is 18.7 Å². The lowest BCUT2D eigenvalue weighted by molar-refractivity contribution is -0.119. The van der Waals surface area contributed by atoms with Crippen molar-refractivity contribution in [2.75, 3.05) is 18.1 Å². The third-order valence-corrected chi connectivity index (χ3v) is 4.20. The Morgan fingerprint density at radius 3 is 2.42 bits per heavy atom. The summed E-state index contributed by atoms with van der Waals surface area (Å²) < 4.78 is 27.8. The van der Waals surface area contributed by atoms with Crippen LogP contribution in [0.2, 0.25) is 0 Å². The molecule has 0 aromatic heterocycles. The second-order valence-electron chi connectivity index (χ2n) is 5.71. The van der Waals surface area contributed by atoms with Gasteiger partial charge in [0, 0.05) is 6.54 Å². The number of amides is 1. The molecule has 2 atom stereocenters. The summed E-state index contributed by atoms with van der Waals surface area (Å²) in [5.41, 5.74) is 0.537. The molecule has 1 fully saturated rings. The van der Waals surface area contributed by atoms with Crippen molar-refractivity contribution in [1.29, 1.82) is 0 Å². The maximum atomic E-state index is 13.9. The van der Waals surface area contributed by atoms with Gasteiger partial charge in [-0.05, 0) is 24.1 Å². The summed E-state index contributed by atoms with van der Waals surface area (Å²) >= 11 is 0. The van der Waals surface area contributed by atoms with E-state index in [2.05, 4.69) is 5.32 Å². The SMILES string of the molecule is O=C1[C@@H](N[C@H](CO)c2ccccc2)CCN1c1c(F)cccc1F. The summed E-state index contributed by atoms with van der Waals surface area (Å²) in [7, 11) is 0. The number of aliphatic hydroxyl groups is 1. The number of para-hydroxylation sites is 1. The normalized spacial score (nSPS) is 18.9. The molecule has 1 amide bonds. The minimum atomic E-state index is -0.759. The molecule has 1 aliphatic heterocycles. The van der Waals surface area contributed by atoms with Gasteiger partial charge in [-0.2, -0.15) is 0 Å². The van der Waals surface area contributed by atoms with E-state index in [0.29, 0.717) is 6.42 Å². The monoisotopic (exact) mass is 332 g/mol. The van der Waals surface area contributed by atoms with Gasteiger partial charge in [-0.3, -0.25) is 10.1 Å². The second-order valence-corrected chi connectivity index (χ2v) is 5.71. The summed E-state index contributed by atoms with van der Waals surface area (Å²) in [5.74, 6) is -1.91. The molecule has 3 rings (SSSR count). The zero-order valence-corrected chi connectivity index (χ0v) is 13.0. The summed E-state index contributed by atoms with van der Waals surface area (Å²) in [5, 5.41) is 12.7. The second kappa shape index (κ2) is 7.07. The van der Waals surface area contributed by atoms with Crippen LogP contribution in [0.4, 0.5) is 14.5 Å². The van der Waals surface area contributed by atoms with Crippen LogP contribution in [-0.4, -0.2) is 30.2 Å². The molecule has 2 N–H and O–H groups in total. The van der Waals surface area contributed by atoms with Gasteiger partial charge in [0.2, 0.25) is 5.91 Å². The van der Waals surface area contributed by atoms with Gasteiger partial charge < -0.3 is 10.0 Å². The number of rotatable bonds is 5. The van der Waals surface area contributed by atoms with Gasteiger partial charge >= 0.3 is 0 Å². The molecular formula is C18H18F2N2O2. The first-order valence-electron chi connectivity index (χ1n) is 7.79. The first-order chi connectivity index (χ1) is 11.6. The number of nitrogens with one attached hydrogen (secondary N) is 1. The molecule has 1 heterocycles. The molecule has 0 aliphatic carbocycles. The Kier molecular flexibility index (Phi) is 4.87. The van der Waals surface area contributed by atoms with Crippen molar-refractivity contribution in [3.05, 3.63) is 65.7 Å². The number of hydrogen-bond acceptors (Lipinski definition) is 3. The first kappa shape index (κ1) is 16.5. The van der Waals surface area contributed by atoms with Gasteiger partial charge in [-0.1, -0.05) is 36.4 Å². The highest BCUT2D eigenvalue weighted by Gasteiger charge is 2.36. The topological polar surface area (TPSA) is 52.6 Å². The van der Waals surface area contributed by atoms with E-state index < -0.39 is 29.6 Å². The number of nitrogens with zero attached hydrogens (tertiary/aromatic N) is 1. The average molecular weight is 332 g/mol. The zero-order valence-electron chi connectivity index (χ0n) is 13.0. The van der Waals surface area contributed by atoms with Gasteiger partial charge in [0.25, 0.3) is 0 Å². The molecule has 0 bridgehead atoms. The average Bonchev–Trinajstić information content (AvgIpc) is 2.94. The summed E-state index contributed by atoms with van der Waals surface area (Å²) in [6.07, 6.45) is 0.413. The van der Waals surface area contributed by atoms with Gasteiger partial charge in [0.15, 0.2) is 0 Å². The quantitative estimate of drug-likeness (QED) is 0.884. The molecule has 4 nitrogen and oxygen atoms in total. The van der Waals surface area contributed by atoms with Crippen LogP contribution in [0.5, 0.6) is 0 Å². The van der Waals surface area contributed by atoms with Crippen molar-refractivity contribution in [3.8, 4) is 0 Å². The van der Waals surface area contributed by atoms with E-state index in [1.165, 1.54) is 6.07 Å². The standard InChI is InChI=1S/C18H18F2N2O2/c19-13-7-4-8-14(20)17(13)22-10-9-15(18(22)24)21-16(11-23)12-5-2-1-3-6-12/h1-8,15-16,21,23H,9-11H2/t15-,16+/m0/s1. The number of anilines is 1. The lowest BCUT2D eigenvalue weighted by atomic mass is 10.1. The fraction of sp³-hybridized carbons (Fsp3) is 0.278. The number of carbonyl (C=O) groups excluding carboxylic acids is 1. The minimum Gasteiger partial charge on any atom is -0.394 e. The molecule has 6 heteroatoms. The molecule has 2 aromatic carbocycles. The van der Waals surface area contributed by atoms with Crippen molar-refractivity contribution in [3.63, 3.8) is 0 Å². The van der Waals surface area contributed by atoms with Crippen molar-refractivity contribution in [2.24, 2.45) is 0 Å². The summed E-state index contributed by atoms with van der Waals surface area (Å²) in [4.78, 5) is 13.7. The Morgan fingerprint density at radius 2 is 1.79 bits per heavy atom. The van der Waals surface area contributed by atoms with Crippen LogP contribution in [0, 0.1) is 11.6 Å². The molecule has 0 unspecified atom stereocenters. The third kappa shape index (κ3) is 3.16. The molecule has 1 aliphatic rings. The van der Waals surface area contributed by atoms with Crippen molar-refractivity contribution in [1.82, 2.24) is 5.32 Å². The largest absolute Gasteiger partial charge is 0.394 e. The van der Waals surface area contributed by atoms with E-state index in [-0.39, 0.29) is 18.8 Å². The highest BCUT2D eigenvalue weighted by Crippen LogP contribution is 2.28. The molecule has 0 saturated carbocycles. The lowest BCUT2D eigenvalue weighted by Crippen LogP contribution is -2.41. The smallest absolute Gasteiger partial charge is 0.244 e. The fourth-order valence-electron chi connectivity index (χ4n) is 2.99. The zero-order chi connectivity index (χ0) is 17.1. The van der Waals surface area contributed by atoms with E-state index in [1.807, 2.05) is 30.3 Å².